The van der Waals surface area contributed by atoms with Gasteiger partial charge in [-0.05, 0) is 44.0 Å². The summed E-state index contributed by atoms with van der Waals surface area (Å²) in [6.45, 7) is 6.48. The monoisotopic (exact) mass is 339 g/mol. The number of hydrogen-bond acceptors (Lipinski definition) is 3. The standard InChI is InChI=1S/C21H25NO3/c1-21(2,3)25-20(23)22-15-7-10-17-11-13-19(14-12-17)24-16-18-8-5-4-6-9-18/h4-14H,15-16H2,1-3H3,(H,22,23). The van der Waals surface area contributed by atoms with Gasteiger partial charge in [-0.1, -0.05) is 54.6 Å². The molecule has 0 saturated carbocycles. The molecule has 132 valence electrons. The van der Waals surface area contributed by atoms with E-state index in [9.17, 15) is 4.79 Å². The Morgan fingerprint density at radius 3 is 2.36 bits per heavy atom. The van der Waals surface area contributed by atoms with Crippen LogP contribution < -0.4 is 10.1 Å². The lowest BCUT2D eigenvalue weighted by Crippen LogP contribution is -2.32. The third-order valence-corrected chi connectivity index (χ3v) is 3.20. The van der Waals surface area contributed by atoms with E-state index < -0.39 is 11.7 Å². The highest BCUT2D eigenvalue weighted by molar-refractivity contribution is 5.68. The Kier molecular flexibility index (Phi) is 6.63. The maximum atomic E-state index is 11.5. The van der Waals surface area contributed by atoms with Gasteiger partial charge in [-0.25, -0.2) is 4.79 Å². The first kappa shape index (κ1) is 18.6. The van der Waals surface area contributed by atoms with Crippen LogP contribution in [0.25, 0.3) is 6.08 Å². The smallest absolute Gasteiger partial charge is 0.407 e. The number of carbonyl (C=O) groups excluding carboxylic acids is 1. The Bertz CT molecular complexity index is 685. The molecule has 0 radical (unpaired) electrons. The van der Waals surface area contributed by atoms with E-state index in [1.165, 1.54) is 0 Å². The zero-order valence-corrected chi connectivity index (χ0v) is 15.0. The quantitative estimate of drug-likeness (QED) is 0.822. The second kappa shape index (κ2) is 8.92. The molecule has 0 heterocycles. The lowest BCUT2D eigenvalue weighted by atomic mass is 10.2. The van der Waals surface area contributed by atoms with Crippen LogP contribution in [0.1, 0.15) is 31.9 Å². The van der Waals surface area contributed by atoms with E-state index in [2.05, 4.69) is 5.32 Å². The van der Waals surface area contributed by atoms with Crippen LogP contribution in [0, 0.1) is 0 Å². The molecule has 4 heteroatoms. The molecule has 0 aromatic heterocycles. The summed E-state index contributed by atoms with van der Waals surface area (Å²) < 4.78 is 10.9. The van der Waals surface area contributed by atoms with Crippen molar-refractivity contribution in [3.8, 4) is 5.75 Å². The molecule has 0 fully saturated rings. The van der Waals surface area contributed by atoms with Crippen LogP contribution in [0.4, 0.5) is 4.79 Å². The first-order valence-electron chi connectivity index (χ1n) is 8.32. The van der Waals surface area contributed by atoms with Gasteiger partial charge >= 0.3 is 6.09 Å². The van der Waals surface area contributed by atoms with Crippen LogP contribution in [0.2, 0.25) is 0 Å². The van der Waals surface area contributed by atoms with Gasteiger partial charge in [0.15, 0.2) is 0 Å². The SMILES string of the molecule is CC(C)(C)OC(=O)NCC=Cc1ccc(OCc2ccccc2)cc1. The van der Waals surface area contributed by atoms with Gasteiger partial charge in [0.25, 0.3) is 0 Å². The molecule has 0 aliphatic rings. The van der Waals surface area contributed by atoms with Gasteiger partial charge in [0.05, 0.1) is 0 Å². The average Bonchev–Trinajstić information content (AvgIpc) is 2.57. The normalized spacial score (nSPS) is 11.3. The van der Waals surface area contributed by atoms with Crippen LogP contribution in [0.3, 0.4) is 0 Å². The van der Waals surface area contributed by atoms with Gasteiger partial charge in [-0.3, -0.25) is 0 Å². The van der Waals surface area contributed by atoms with E-state index in [0.717, 1.165) is 16.9 Å². The minimum atomic E-state index is -0.483. The first-order valence-corrected chi connectivity index (χ1v) is 8.32. The number of amides is 1. The van der Waals surface area contributed by atoms with Crippen LogP contribution in [-0.2, 0) is 11.3 Å². The molecule has 25 heavy (non-hydrogen) atoms. The molecule has 2 rings (SSSR count). The Hall–Kier alpha value is -2.75. The molecule has 0 bridgehead atoms. The number of alkyl carbamates (subject to hydrolysis) is 1. The number of hydrogen-bond donors (Lipinski definition) is 1. The third-order valence-electron chi connectivity index (χ3n) is 3.20. The predicted molar refractivity (Wildman–Crippen MR) is 100 cm³/mol. The molecule has 2 aromatic carbocycles. The molecular weight excluding hydrogens is 314 g/mol. The van der Waals surface area contributed by atoms with Gasteiger partial charge in [-0.15, -0.1) is 0 Å². The minimum absolute atomic E-state index is 0.415. The van der Waals surface area contributed by atoms with Gasteiger partial charge in [0, 0.05) is 6.54 Å². The van der Waals surface area contributed by atoms with Crippen LogP contribution in [0.15, 0.2) is 60.7 Å². The van der Waals surface area contributed by atoms with Gasteiger partial charge in [0.1, 0.15) is 18.0 Å². The summed E-state index contributed by atoms with van der Waals surface area (Å²) in [5.74, 6) is 0.827. The van der Waals surface area contributed by atoms with Crippen LogP contribution >= 0.6 is 0 Å². The molecule has 2 aromatic rings. The van der Waals surface area contributed by atoms with Gasteiger partial charge < -0.3 is 14.8 Å². The van der Waals surface area contributed by atoms with E-state index in [-0.39, 0.29) is 0 Å². The van der Waals surface area contributed by atoms with E-state index >= 15 is 0 Å². The summed E-state index contributed by atoms with van der Waals surface area (Å²) in [6, 6.07) is 17.9. The zero-order chi connectivity index (χ0) is 18.1. The fourth-order valence-electron chi connectivity index (χ4n) is 2.07. The van der Waals surface area contributed by atoms with Crippen LogP contribution in [-0.4, -0.2) is 18.2 Å². The third kappa shape index (κ3) is 7.57. The van der Waals surface area contributed by atoms with Crippen molar-refractivity contribution in [1.29, 1.82) is 0 Å². The molecule has 0 spiro atoms. The van der Waals surface area contributed by atoms with E-state index in [1.54, 1.807) is 0 Å². The van der Waals surface area contributed by atoms with Crippen molar-refractivity contribution in [2.75, 3.05) is 6.54 Å². The average molecular weight is 339 g/mol. The van der Waals surface area contributed by atoms with Crippen molar-refractivity contribution < 1.29 is 14.3 Å². The molecule has 0 atom stereocenters. The molecule has 4 nitrogen and oxygen atoms in total. The summed E-state index contributed by atoms with van der Waals surface area (Å²) in [4.78, 5) is 11.5. The van der Waals surface area contributed by atoms with E-state index in [4.69, 9.17) is 9.47 Å². The van der Waals surface area contributed by atoms with Crippen molar-refractivity contribution in [3.63, 3.8) is 0 Å². The highest BCUT2D eigenvalue weighted by Gasteiger charge is 2.14. The second-order valence-corrected chi connectivity index (χ2v) is 6.63. The Balaban J connectivity index is 1.75. The highest BCUT2D eigenvalue weighted by atomic mass is 16.6. The predicted octanol–water partition coefficient (Wildman–Crippen LogP) is 4.80. The van der Waals surface area contributed by atoms with Crippen molar-refractivity contribution in [2.45, 2.75) is 33.0 Å². The maximum Gasteiger partial charge on any atom is 0.407 e. The van der Waals surface area contributed by atoms with Gasteiger partial charge in [-0.2, -0.15) is 0 Å². The fourth-order valence-corrected chi connectivity index (χ4v) is 2.07. The topological polar surface area (TPSA) is 47.6 Å². The summed E-state index contributed by atoms with van der Waals surface area (Å²) in [5.41, 5.74) is 1.70. The maximum absolute atomic E-state index is 11.5. The van der Waals surface area contributed by atoms with E-state index in [0.29, 0.717) is 13.2 Å². The Morgan fingerprint density at radius 2 is 1.72 bits per heavy atom. The first-order chi connectivity index (χ1) is 11.9. The number of rotatable bonds is 6. The lowest BCUT2D eigenvalue weighted by Gasteiger charge is -2.19. The molecule has 1 amide bonds. The number of nitrogens with one attached hydrogen (secondary N) is 1. The molecule has 1 N–H and O–H groups in total. The second-order valence-electron chi connectivity index (χ2n) is 6.63. The lowest BCUT2D eigenvalue weighted by molar-refractivity contribution is 0.0534. The molecule has 0 aliphatic carbocycles. The number of carbonyl (C=O) groups is 1. The molecule has 0 saturated heterocycles. The van der Waals surface area contributed by atoms with Crippen molar-refractivity contribution in [1.82, 2.24) is 5.32 Å². The largest absolute Gasteiger partial charge is 0.489 e. The molecule has 0 unspecified atom stereocenters. The fraction of sp³-hybridized carbons (Fsp3) is 0.286. The molecule has 0 aliphatic heterocycles. The molecular formula is C21H25NO3. The summed E-state index contributed by atoms with van der Waals surface area (Å²) in [7, 11) is 0. The number of benzene rings is 2. The summed E-state index contributed by atoms with van der Waals surface area (Å²) in [5, 5.41) is 2.69. The number of ether oxygens (including phenoxy) is 2. The van der Waals surface area contributed by atoms with Crippen LogP contribution in [0.5, 0.6) is 5.75 Å². The van der Waals surface area contributed by atoms with Crippen molar-refractivity contribution >= 4 is 12.2 Å². The zero-order valence-electron chi connectivity index (χ0n) is 15.0. The summed E-state index contributed by atoms with van der Waals surface area (Å²) in [6.07, 6.45) is 3.41. The summed E-state index contributed by atoms with van der Waals surface area (Å²) >= 11 is 0. The van der Waals surface area contributed by atoms with E-state index in [1.807, 2.05) is 87.5 Å². The highest BCUT2D eigenvalue weighted by Crippen LogP contribution is 2.15. The van der Waals surface area contributed by atoms with Gasteiger partial charge in [0.2, 0.25) is 0 Å². The Morgan fingerprint density at radius 1 is 1.04 bits per heavy atom. The minimum Gasteiger partial charge on any atom is -0.489 e. The Labute approximate surface area is 149 Å². The van der Waals surface area contributed by atoms with Crippen molar-refractivity contribution in [3.05, 3.63) is 71.8 Å². The van der Waals surface area contributed by atoms with Crippen molar-refractivity contribution in [2.24, 2.45) is 0 Å².